The Morgan fingerprint density at radius 3 is 2.70 bits per heavy atom. The Balaban J connectivity index is 1.85. The lowest BCUT2D eigenvalue weighted by molar-refractivity contribution is -0.122. The maximum absolute atomic E-state index is 12.7. The molecule has 0 bridgehead atoms. The van der Waals surface area contributed by atoms with E-state index in [1.807, 2.05) is 32.9 Å². The molecule has 142 valence electrons. The van der Waals surface area contributed by atoms with Gasteiger partial charge in [0.15, 0.2) is 11.5 Å². The third kappa shape index (κ3) is 2.67. The van der Waals surface area contributed by atoms with Crippen LogP contribution in [0.3, 0.4) is 0 Å². The molecular weight excluding hydrogens is 368 g/mol. The second kappa shape index (κ2) is 5.56. The lowest BCUT2D eigenvalue weighted by Gasteiger charge is -2.18. The van der Waals surface area contributed by atoms with Crippen molar-refractivity contribution >= 4 is 38.3 Å². The highest BCUT2D eigenvalue weighted by molar-refractivity contribution is 7.92. The molecule has 1 aliphatic rings. The van der Waals surface area contributed by atoms with Crippen molar-refractivity contribution in [2.45, 2.75) is 26.2 Å². The SMILES string of the molecule is CCN1C(=O)C(C)(C)c2cc3nc(-c4n[nH]cc4NS(C)(=O)=O)[nH]c3cc21. The highest BCUT2D eigenvalue weighted by atomic mass is 32.2. The molecule has 1 aromatic carbocycles. The molecule has 0 aliphatic carbocycles. The summed E-state index contributed by atoms with van der Waals surface area (Å²) >= 11 is 0. The van der Waals surface area contributed by atoms with Crippen molar-refractivity contribution in [3.8, 4) is 11.5 Å². The molecule has 9 nitrogen and oxygen atoms in total. The minimum absolute atomic E-state index is 0.0693. The summed E-state index contributed by atoms with van der Waals surface area (Å²) in [5, 5.41) is 6.76. The van der Waals surface area contributed by atoms with E-state index in [1.165, 1.54) is 6.20 Å². The van der Waals surface area contributed by atoms with Crippen molar-refractivity contribution in [1.29, 1.82) is 0 Å². The molecule has 0 unspecified atom stereocenters. The zero-order chi connectivity index (χ0) is 19.6. The molecule has 2 aromatic heterocycles. The number of imidazole rings is 1. The monoisotopic (exact) mass is 388 g/mol. The molecule has 3 N–H and O–H groups in total. The zero-order valence-corrected chi connectivity index (χ0v) is 16.2. The van der Waals surface area contributed by atoms with Crippen LogP contribution in [-0.2, 0) is 20.2 Å². The number of carbonyl (C=O) groups is 1. The van der Waals surface area contributed by atoms with Crippen molar-refractivity contribution < 1.29 is 13.2 Å². The van der Waals surface area contributed by atoms with Gasteiger partial charge in [-0.2, -0.15) is 5.10 Å². The average Bonchev–Trinajstić information content (AvgIpc) is 3.22. The molecule has 10 heteroatoms. The summed E-state index contributed by atoms with van der Waals surface area (Å²) in [5.41, 5.74) is 3.31. The number of amides is 1. The Bertz CT molecular complexity index is 1170. The van der Waals surface area contributed by atoms with Crippen molar-refractivity contribution in [1.82, 2.24) is 20.2 Å². The first-order valence-corrected chi connectivity index (χ1v) is 10.4. The van der Waals surface area contributed by atoms with Gasteiger partial charge in [-0.05, 0) is 38.5 Å². The van der Waals surface area contributed by atoms with Gasteiger partial charge in [-0.1, -0.05) is 0 Å². The number of aromatic amines is 2. The zero-order valence-electron chi connectivity index (χ0n) is 15.4. The highest BCUT2D eigenvalue weighted by Gasteiger charge is 2.43. The largest absolute Gasteiger partial charge is 0.336 e. The molecule has 0 spiro atoms. The predicted octanol–water partition coefficient (Wildman–Crippen LogP) is 1.97. The molecule has 0 saturated heterocycles. The van der Waals surface area contributed by atoms with Crippen LogP contribution in [0.1, 0.15) is 26.3 Å². The van der Waals surface area contributed by atoms with Gasteiger partial charge < -0.3 is 9.88 Å². The van der Waals surface area contributed by atoms with E-state index in [9.17, 15) is 13.2 Å². The van der Waals surface area contributed by atoms with Gasteiger partial charge in [0.1, 0.15) is 0 Å². The first kappa shape index (κ1) is 17.5. The number of sulfonamides is 1. The van der Waals surface area contributed by atoms with Gasteiger partial charge in [-0.25, -0.2) is 13.4 Å². The van der Waals surface area contributed by atoms with Gasteiger partial charge in [-0.3, -0.25) is 14.6 Å². The summed E-state index contributed by atoms with van der Waals surface area (Å²) in [5.74, 6) is 0.507. The lowest BCUT2D eigenvalue weighted by atomic mass is 9.86. The van der Waals surface area contributed by atoms with Crippen LogP contribution in [0, 0.1) is 0 Å². The van der Waals surface area contributed by atoms with Crippen LogP contribution in [0.15, 0.2) is 18.3 Å². The fourth-order valence-electron chi connectivity index (χ4n) is 3.51. The van der Waals surface area contributed by atoms with Crippen LogP contribution in [0.25, 0.3) is 22.6 Å². The van der Waals surface area contributed by atoms with Crippen molar-refractivity contribution in [3.05, 3.63) is 23.9 Å². The molecule has 3 aromatic rings. The van der Waals surface area contributed by atoms with E-state index < -0.39 is 15.4 Å². The molecule has 0 radical (unpaired) electrons. The van der Waals surface area contributed by atoms with Gasteiger partial charge >= 0.3 is 0 Å². The minimum Gasteiger partial charge on any atom is -0.336 e. The van der Waals surface area contributed by atoms with Crippen LogP contribution >= 0.6 is 0 Å². The molecule has 27 heavy (non-hydrogen) atoms. The number of aromatic nitrogens is 4. The van der Waals surface area contributed by atoms with E-state index in [1.54, 1.807) is 4.90 Å². The molecule has 0 fully saturated rings. The summed E-state index contributed by atoms with van der Waals surface area (Å²) in [6, 6.07) is 3.82. The number of H-pyrrole nitrogens is 2. The molecule has 0 atom stereocenters. The Morgan fingerprint density at radius 2 is 2.04 bits per heavy atom. The van der Waals surface area contributed by atoms with Crippen LogP contribution in [0.4, 0.5) is 11.4 Å². The third-order valence-corrected chi connectivity index (χ3v) is 5.41. The fraction of sp³-hybridized carbons (Fsp3) is 0.353. The molecule has 1 amide bonds. The van der Waals surface area contributed by atoms with E-state index in [4.69, 9.17) is 0 Å². The van der Waals surface area contributed by atoms with Gasteiger partial charge in [0, 0.05) is 12.7 Å². The molecular formula is C17H20N6O3S. The number of hydrogen-bond donors (Lipinski definition) is 3. The Hall–Kier alpha value is -2.88. The number of nitrogens with zero attached hydrogens (tertiary/aromatic N) is 3. The number of likely N-dealkylation sites (N-methyl/N-ethyl adjacent to an activating group) is 1. The Morgan fingerprint density at radius 1 is 1.30 bits per heavy atom. The predicted molar refractivity (Wildman–Crippen MR) is 103 cm³/mol. The van der Waals surface area contributed by atoms with Gasteiger partial charge in [0.05, 0.1) is 34.1 Å². The summed E-state index contributed by atoms with van der Waals surface area (Å²) in [7, 11) is -3.44. The third-order valence-electron chi connectivity index (χ3n) is 4.82. The fourth-order valence-corrected chi connectivity index (χ4v) is 4.06. The second-order valence-corrected chi connectivity index (χ2v) is 8.92. The average molecular weight is 388 g/mol. The molecule has 0 saturated carbocycles. The number of carbonyl (C=O) groups excluding carboxylic acids is 1. The van der Waals surface area contributed by atoms with Crippen molar-refractivity contribution in [2.75, 3.05) is 22.4 Å². The van der Waals surface area contributed by atoms with Crippen molar-refractivity contribution in [2.24, 2.45) is 0 Å². The summed E-state index contributed by atoms with van der Waals surface area (Å²) in [6.45, 7) is 6.35. The second-order valence-electron chi connectivity index (χ2n) is 7.17. The Labute approximate surface area is 156 Å². The summed E-state index contributed by atoms with van der Waals surface area (Å²) < 4.78 is 25.5. The van der Waals surface area contributed by atoms with Crippen LogP contribution in [0.2, 0.25) is 0 Å². The van der Waals surface area contributed by atoms with E-state index in [-0.39, 0.29) is 5.91 Å². The highest BCUT2D eigenvalue weighted by Crippen LogP contribution is 2.43. The maximum atomic E-state index is 12.7. The van der Waals surface area contributed by atoms with E-state index in [0.29, 0.717) is 29.3 Å². The van der Waals surface area contributed by atoms with Gasteiger partial charge in [-0.15, -0.1) is 0 Å². The standard InChI is InChI=1S/C17H20N6O3S/c1-5-23-13-7-11-10(6-9(13)17(2,3)16(23)24)19-15(20-11)14-12(8-18-21-14)22-27(4,25)26/h6-8,22H,5H2,1-4H3,(H,18,21)(H,19,20). The quantitative estimate of drug-likeness (QED) is 0.630. The number of fused-ring (bicyclic) bond motifs is 2. The van der Waals surface area contributed by atoms with E-state index in [0.717, 1.165) is 23.0 Å². The number of hydrogen-bond acceptors (Lipinski definition) is 5. The van der Waals surface area contributed by atoms with E-state index in [2.05, 4.69) is 24.9 Å². The van der Waals surface area contributed by atoms with Crippen LogP contribution < -0.4 is 9.62 Å². The lowest BCUT2D eigenvalue weighted by Crippen LogP contribution is -2.35. The van der Waals surface area contributed by atoms with Gasteiger partial charge in [0.2, 0.25) is 15.9 Å². The van der Waals surface area contributed by atoms with Crippen LogP contribution in [0.5, 0.6) is 0 Å². The molecule has 4 rings (SSSR count). The number of nitrogens with one attached hydrogen (secondary N) is 3. The number of rotatable bonds is 4. The minimum atomic E-state index is -3.44. The molecule has 3 heterocycles. The van der Waals surface area contributed by atoms with Gasteiger partial charge in [0.25, 0.3) is 0 Å². The number of benzene rings is 1. The summed E-state index contributed by atoms with van der Waals surface area (Å²) in [6.07, 6.45) is 2.54. The topological polar surface area (TPSA) is 124 Å². The normalized spacial score (nSPS) is 16.1. The Kier molecular flexibility index (Phi) is 3.61. The summed E-state index contributed by atoms with van der Waals surface area (Å²) in [4.78, 5) is 22.2. The first-order chi connectivity index (χ1) is 12.6. The van der Waals surface area contributed by atoms with Crippen molar-refractivity contribution in [3.63, 3.8) is 0 Å². The first-order valence-electron chi connectivity index (χ1n) is 8.50. The van der Waals surface area contributed by atoms with E-state index >= 15 is 0 Å². The number of anilines is 2. The smallest absolute Gasteiger partial charge is 0.237 e. The van der Waals surface area contributed by atoms with Crippen LogP contribution in [-0.4, -0.2) is 47.3 Å². The molecule has 1 aliphatic heterocycles. The maximum Gasteiger partial charge on any atom is 0.237 e.